The molecule has 2 unspecified atom stereocenters. The van der Waals surface area contributed by atoms with Crippen LogP contribution < -0.4 is 0 Å². The SMILES string of the molecule is CC(C)(C)C1=C(Br)C(Br)(C(C)(C)C)OP1(=O)O. The van der Waals surface area contributed by atoms with Crippen LogP contribution in [0.3, 0.4) is 0 Å². The molecule has 1 aliphatic rings. The maximum atomic E-state index is 12.3. The lowest BCUT2D eigenvalue weighted by Gasteiger charge is -2.35. The first-order valence-corrected chi connectivity index (χ1v) is 8.53. The Balaban J connectivity index is 3.51. The van der Waals surface area contributed by atoms with E-state index in [1.54, 1.807) is 0 Å². The molecular weight excluding hydrogens is 371 g/mol. The molecule has 3 nitrogen and oxygen atoms in total. The number of rotatable bonds is 0. The third kappa shape index (κ3) is 2.59. The standard InChI is InChI=1S/C11H19Br2O3P/c1-9(2,3)8-7(12)11(13,10(4,5)6)16-17(8,14)15/h1-6H3,(H,14,15). The number of allylic oxidation sites excluding steroid dienone is 1. The van der Waals surface area contributed by atoms with Crippen molar-refractivity contribution >= 4 is 39.5 Å². The molecule has 0 aromatic heterocycles. The summed E-state index contributed by atoms with van der Waals surface area (Å²) in [5.74, 6) is 0. The minimum absolute atomic E-state index is 0.350. The van der Waals surface area contributed by atoms with Crippen molar-refractivity contribution in [2.45, 2.75) is 46.1 Å². The lowest BCUT2D eigenvalue weighted by molar-refractivity contribution is 0.0981. The van der Waals surface area contributed by atoms with Crippen LogP contribution in [-0.2, 0) is 9.09 Å². The van der Waals surface area contributed by atoms with Crippen molar-refractivity contribution in [3.05, 3.63) is 9.80 Å². The Bertz CT molecular complexity index is 417. The zero-order chi connectivity index (χ0) is 13.9. The lowest BCUT2D eigenvalue weighted by Crippen LogP contribution is -2.36. The van der Waals surface area contributed by atoms with Gasteiger partial charge in [-0.25, -0.2) is 0 Å². The molecule has 1 heterocycles. The lowest BCUT2D eigenvalue weighted by atomic mass is 9.86. The molecule has 0 fully saturated rings. The van der Waals surface area contributed by atoms with Gasteiger partial charge in [0.15, 0.2) is 4.51 Å². The maximum absolute atomic E-state index is 12.3. The van der Waals surface area contributed by atoms with Crippen molar-refractivity contribution in [3.8, 4) is 0 Å². The number of hydrogen-bond donors (Lipinski definition) is 1. The summed E-state index contributed by atoms with van der Waals surface area (Å²) in [6, 6.07) is 0. The van der Waals surface area contributed by atoms with Gasteiger partial charge < -0.3 is 4.89 Å². The van der Waals surface area contributed by atoms with Gasteiger partial charge in [0.25, 0.3) is 0 Å². The first-order valence-electron chi connectivity index (χ1n) is 5.37. The van der Waals surface area contributed by atoms with Gasteiger partial charge >= 0.3 is 7.60 Å². The molecule has 0 bridgehead atoms. The Morgan fingerprint density at radius 1 is 1.24 bits per heavy atom. The topological polar surface area (TPSA) is 46.5 Å². The highest BCUT2D eigenvalue weighted by Crippen LogP contribution is 2.73. The smallest absolute Gasteiger partial charge is 0.321 e. The molecule has 2 atom stereocenters. The number of alkyl halides is 1. The second kappa shape index (κ2) is 4.17. The average molecular weight is 390 g/mol. The predicted octanol–water partition coefficient (Wildman–Crippen LogP) is 4.99. The largest absolute Gasteiger partial charge is 0.357 e. The highest BCUT2D eigenvalue weighted by Gasteiger charge is 2.58. The first kappa shape index (κ1) is 15.9. The summed E-state index contributed by atoms with van der Waals surface area (Å²) < 4.78 is 17.4. The zero-order valence-corrected chi connectivity index (χ0v) is 15.0. The van der Waals surface area contributed by atoms with Crippen LogP contribution in [0.5, 0.6) is 0 Å². The van der Waals surface area contributed by atoms with Crippen molar-refractivity contribution in [3.63, 3.8) is 0 Å². The van der Waals surface area contributed by atoms with Crippen LogP contribution in [-0.4, -0.2) is 9.40 Å². The summed E-state index contributed by atoms with van der Waals surface area (Å²) in [6.45, 7) is 11.6. The van der Waals surface area contributed by atoms with Gasteiger partial charge in [0.05, 0.1) is 9.80 Å². The molecule has 1 rings (SSSR count). The highest BCUT2D eigenvalue weighted by atomic mass is 79.9. The van der Waals surface area contributed by atoms with Crippen LogP contribution in [0.25, 0.3) is 0 Å². The summed E-state index contributed by atoms with van der Waals surface area (Å²) in [4.78, 5) is 10.1. The summed E-state index contributed by atoms with van der Waals surface area (Å²) in [7, 11) is -3.76. The van der Waals surface area contributed by atoms with Crippen molar-refractivity contribution in [2.24, 2.45) is 10.8 Å². The summed E-state index contributed by atoms with van der Waals surface area (Å²) in [6.07, 6.45) is 0. The van der Waals surface area contributed by atoms with Gasteiger partial charge in [0.1, 0.15) is 0 Å². The molecule has 17 heavy (non-hydrogen) atoms. The molecule has 0 spiro atoms. The molecule has 0 aromatic carbocycles. The molecule has 1 N–H and O–H groups in total. The van der Waals surface area contributed by atoms with E-state index in [9.17, 15) is 9.46 Å². The Hall–Kier alpha value is 0.850. The van der Waals surface area contributed by atoms with E-state index in [4.69, 9.17) is 4.52 Å². The maximum Gasteiger partial charge on any atom is 0.357 e. The van der Waals surface area contributed by atoms with Crippen LogP contribution in [0, 0.1) is 10.8 Å². The van der Waals surface area contributed by atoms with E-state index >= 15 is 0 Å². The van der Waals surface area contributed by atoms with E-state index < -0.39 is 17.5 Å². The van der Waals surface area contributed by atoms with Gasteiger partial charge in [-0.3, -0.25) is 9.09 Å². The molecule has 0 amide bonds. The Morgan fingerprint density at radius 2 is 1.65 bits per heavy atom. The van der Waals surface area contributed by atoms with E-state index in [0.29, 0.717) is 9.80 Å². The highest BCUT2D eigenvalue weighted by molar-refractivity contribution is 9.14. The summed E-state index contributed by atoms with van der Waals surface area (Å²) in [5, 5.41) is 0.441. The van der Waals surface area contributed by atoms with Crippen LogP contribution in [0.1, 0.15) is 41.5 Å². The molecule has 0 aliphatic carbocycles. The monoisotopic (exact) mass is 388 g/mol. The van der Waals surface area contributed by atoms with Gasteiger partial charge in [-0.2, -0.15) is 0 Å². The number of halogens is 2. The van der Waals surface area contributed by atoms with E-state index in [-0.39, 0.29) is 5.41 Å². The first-order chi connectivity index (χ1) is 7.23. The average Bonchev–Trinajstić information content (AvgIpc) is 2.14. The van der Waals surface area contributed by atoms with Crippen molar-refractivity contribution in [2.75, 3.05) is 0 Å². The fourth-order valence-corrected chi connectivity index (χ4v) is 6.81. The van der Waals surface area contributed by atoms with Gasteiger partial charge in [-0.05, 0) is 21.3 Å². The number of hydrogen-bond acceptors (Lipinski definition) is 2. The van der Waals surface area contributed by atoms with Crippen molar-refractivity contribution < 1.29 is 14.0 Å². The summed E-state index contributed by atoms with van der Waals surface area (Å²) >= 11 is 6.93. The van der Waals surface area contributed by atoms with E-state index in [0.717, 1.165) is 0 Å². The van der Waals surface area contributed by atoms with E-state index in [1.165, 1.54) is 0 Å². The third-order valence-electron chi connectivity index (χ3n) is 2.70. The fraction of sp³-hybridized carbons (Fsp3) is 0.818. The van der Waals surface area contributed by atoms with Crippen LogP contribution >= 0.6 is 39.5 Å². The predicted molar refractivity (Wildman–Crippen MR) is 77.4 cm³/mol. The van der Waals surface area contributed by atoms with Crippen LogP contribution in [0.15, 0.2) is 9.80 Å². The van der Waals surface area contributed by atoms with Crippen molar-refractivity contribution in [1.82, 2.24) is 0 Å². The molecule has 100 valence electrons. The molecule has 0 radical (unpaired) electrons. The van der Waals surface area contributed by atoms with Gasteiger partial charge in [0, 0.05) is 5.41 Å². The normalized spacial score (nSPS) is 35.6. The Kier molecular flexibility index (Phi) is 3.90. The molecule has 6 heteroatoms. The molecule has 0 aromatic rings. The van der Waals surface area contributed by atoms with Crippen molar-refractivity contribution in [1.29, 1.82) is 0 Å². The minimum Gasteiger partial charge on any atom is -0.321 e. The van der Waals surface area contributed by atoms with Gasteiger partial charge in [0.2, 0.25) is 0 Å². The van der Waals surface area contributed by atoms with Crippen LogP contribution in [0.2, 0.25) is 0 Å². The molecule has 0 saturated carbocycles. The molecule has 0 saturated heterocycles. The van der Waals surface area contributed by atoms with Gasteiger partial charge in [-0.15, -0.1) is 0 Å². The molecule has 1 aliphatic heterocycles. The minimum atomic E-state index is -3.76. The van der Waals surface area contributed by atoms with Crippen LogP contribution in [0.4, 0.5) is 0 Å². The fourth-order valence-electron chi connectivity index (χ4n) is 1.75. The van der Waals surface area contributed by atoms with Gasteiger partial charge in [-0.1, -0.05) is 57.5 Å². The third-order valence-corrected chi connectivity index (χ3v) is 8.47. The second-order valence-corrected chi connectivity index (χ2v) is 9.95. The summed E-state index contributed by atoms with van der Waals surface area (Å²) in [5.41, 5.74) is -0.777. The second-order valence-electron chi connectivity index (χ2n) is 6.37. The van der Waals surface area contributed by atoms with E-state index in [2.05, 4.69) is 31.9 Å². The quantitative estimate of drug-likeness (QED) is 0.468. The Labute approximate surface area is 120 Å². The van der Waals surface area contributed by atoms with E-state index in [1.807, 2.05) is 41.5 Å². The molecular formula is C11H19Br2O3P. The Morgan fingerprint density at radius 3 is 1.82 bits per heavy atom. The zero-order valence-electron chi connectivity index (χ0n) is 11.0.